The number of ether oxygens (including phenoxy) is 1. The Bertz CT molecular complexity index is 863. The van der Waals surface area contributed by atoms with E-state index in [-0.39, 0.29) is 5.75 Å². The van der Waals surface area contributed by atoms with Crippen molar-refractivity contribution in [2.24, 2.45) is 5.92 Å². The lowest BCUT2D eigenvalue weighted by Gasteiger charge is -2.51. The topological polar surface area (TPSA) is 56.2 Å². The predicted octanol–water partition coefficient (Wildman–Crippen LogP) is 3.17. The number of hydrogen-bond donors (Lipinski definition) is 2. The molecule has 0 amide bonds. The van der Waals surface area contributed by atoms with Gasteiger partial charge in [-0.1, -0.05) is 18.2 Å². The van der Waals surface area contributed by atoms with Crippen molar-refractivity contribution in [2.75, 3.05) is 26.7 Å². The molecule has 148 valence electrons. The van der Waals surface area contributed by atoms with Crippen LogP contribution in [0.1, 0.15) is 29.9 Å². The van der Waals surface area contributed by atoms with E-state index in [0.717, 1.165) is 24.6 Å². The van der Waals surface area contributed by atoms with E-state index in [9.17, 15) is 10.2 Å². The first-order valence-corrected chi connectivity index (χ1v) is 10.3. The number of benzene rings is 2. The number of hydrogen-bond acceptors (Lipinski definition) is 5. The minimum atomic E-state index is 0.203. The number of nitrogens with zero attached hydrogens (tertiary/aromatic N) is 2. The fourth-order valence-corrected chi connectivity index (χ4v) is 5.84. The van der Waals surface area contributed by atoms with Gasteiger partial charge >= 0.3 is 0 Å². The zero-order valence-electron chi connectivity index (χ0n) is 16.3. The summed E-state index contributed by atoms with van der Waals surface area (Å²) in [6.45, 7) is 4.20. The number of phenolic OH excluding ortho intramolecular Hbond substituents is 2. The van der Waals surface area contributed by atoms with Gasteiger partial charge in [-0.15, -0.1) is 0 Å². The Balaban J connectivity index is 1.46. The monoisotopic (exact) mass is 380 g/mol. The van der Waals surface area contributed by atoms with E-state index < -0.39 is 0 Å². The van der Waals surface area contributed by atoms with Crippen molar-refractivity contribution in [2.45, 2.75) is 37.4 Å². The highest BCUT2D eigenvalue weighted by molar-refractivity contribution is 5.42. The maximum absolute atomic E-state index is 10.2. The highest BCUT2D eigenvalue weighted by atomic mass is 16.5. The van der Waals surface area contributed by atoms with Crippen LogP contribution in [0.3, 0.4) is 0 Å². The van der Waals surface area contributed by atoms with E-state index >= 15 is 0 Å². The van der Waals surface area contributed by atoms with Crippen molar-refractivity contribution in [3.8, 4) is 17.2 Å². The van der Waals surface area contributed by atoms with Crippen LogP contribution < -0.4 is 4.74 Å². The van der Waals surface area contributed by atoms with Crippen LogP contribution in [-0.4, -0.2) is 58.8 Å². The molecule has 5 nitrogen and oxygen atoms in total. The van der Waals surface area contributed by atoms with Gasteiger partial charge in [-0.3, -0.25) is 9.80 Å². The Kier molecular flexibility index (Phi) is 4.44. The number of methoxy groups -OCH3 is 1. The van der Waals surface area contributed by atoms with Gasteiger partial charge in [0.05, 0.1) is 7.11 Å². The Morgan fingerprint density at radius 2 is 1.86 bits per heavy atom. The smallest absolute Gasteiger partial charge is 0.160 e. The summed E-state index contributed by atoms with van der Waals surface area (Å²) < 4.78 is 5.19. The molecule has 28 heavy (non-hydrogen) atoms. The van der Waals surface area contributed by atoms with Crippen LogP contribution in [0.4, 0.5) is 0 Å². The average Bonchev–Trinajstić information content (AvgIpc) is 3.11. The van der Waals surface area contributed by atoms with Gasteiger partial charge in [0.2, 0.25) is 0 Å². The third-order valence-corrected chi connectivity index (χ3v) is 7.02. The summed E-state index contributed by atoms with van der Waals surface area (Å²) in [5.74, 6) is 2.22. The van der Waals surface area contributed by atoms with Crippen LogP contribution in [0.2, 0.25) is 0 Å². The number of aromatic hydroxyl groups is 2. The molecule has 2 aromatic carbocycles. The molecule has 0 saturated carbocycles. The molecule has 4 aliphatic rings. The largest absolute Gasteiger partial charge is 0.508 e. The van der Waals surface area contributed by atoms with Crippen LogP contribution in [0.25, 0.3) is 0 Å². The molecular weight excluding hydrogens is 352 g/mol. The first kappa shape index (κ1) is 17.8. The third-order valence-electron chi connectivity index (χ3n) is 7.02. The highest BCUT2D eigenvalue weighted by Gasteiger charge is 2.53. The molecule has 0 unspecified atom stereocenters. The van der Waals surface area contributed by atoms with E-state index in [1.165, 1.54) is 31.5 Å². The van der Waals surface area contributed by atoms with E-state index in [0.29, 0.717) is 29.5 Å². The van der Waals surface area contributed by atoms with Crippen LogP contribution in [0, 0.1) is 5.92 Å². The second kappa shape index (κ2) is 6.98. The molecule has 4 fully saturated rings. The van der Waals surface area contributed by atoms with Gasteiger partial charge in [0.15, 0.2) is 11.5 Å². The number of phenols is 2. The summed E-state index contributed by atoms with van der Waals surface area (Å²) in [5, 5.41) is 20.2. The predicted molar refractivity (Wildman–Crippen MR) is 108 cm³/mol. The Hall–Kier alpha value is -2.24. The van der Waals surface area contributed by atoms with Crippen molar-refractivity contribution in [1.82, 2.24) is 9.80 Å². The van der Waals surface area contributed by atoms with Gasteiger partial charge in [-0.05, 0) is 67.2 Å². The molecule has 5 heteroatoms. The van der Waals surface area contributed by atoms with Gasteiger partial charge in [0.25, 0.3) is 0 Å². The third kappa shape index (κ3) is 2.93. The Morgan fingerprint density at radius 1 is 1.04 bits per heavy atom. The van der Waals surface area contributed by atoms with Crippen molar-refractivity contribution in [1.29, 1.82) is 0 Å². The van der Waals surface area contributed by atoms with E-state index in [4.69, 9.17) is 4.74 Å². The molecular formula is C23H28N2O3. The molecule has 2 aromatic rings. The second-order valence-electron chi connectivity index (χ2n) is 8.49. The number of fused-ring (bicyclic) bond motifs is 2. The molecule has 4 aliphatic heterocycles. The number of likely N-dealkylation sites (tertiary alicyclic amines) is 1. The summed E-state index contributed by atoms with van der Waals surface area (Å²) in [5.41, 5.74) is 2.35. The second-order valence-corrected chi connectivity index (χ2v) is 8.49. The molecule has 6 rings (SSSR count). The molecule has 4 saturated heterocycles. The summed E-state index contributed by atoms with van der Waals surface area (Å²) in [4.78, 5) is 5.28. The number of rotatable bonds is 4. The minimum Gasteiger partial charge on any atom is -0.508 e. The van der Waals surface area contributed by atoms with Crippen LogP contribution in [0.15, 0.2) is 42.5 Å². The molecule has 0 aliphatic carbocycles. The Labute approximate surface area is 166 Å². The maximum Gasteiger partial charge on any atom is 0.160 e. The van der Waals surface area contributed by atoms with Gasteiger partial charge in [0, 0.05) is 31.1 Å². The van der Waals surface area contributed by atoms with E-state index in [1.807, 2.05) is 24.3 Å². The van der Waals surface area contributed by atoms with Crippen LogP contribution in [-0.2, 0) is 6.54 Å². The molecule has 2 N–H and O–H groups in total. The van der Waals surface area contributed by atoms with Crippen molar-refractivity contribution in [3.05, 3.63) is 53.6 Å². The highest BCUT2D eigenvalue weighted by Crippen LogP contribution is 2.47. The SMILES string of the molecule is COc1ccc(CN2C[C@H](c3cccc(O)c3)[C@H]3[C@@H]2C2CCN3CC2)cc1O. The summed E-state index contributed by atoms with van der Waals surface area (Å²) in [6.07, 6.45) is 2.55. The minimum absolute atomic E-state index is 0.203. The summed E-state index contributed by atoms with van der Waals surface area (Å²) in [7, 11) is 1.58. The zero-order chi connectivity index (χ0) is 19.3. The van der Waals surface area contributed by atoms with Crippen molar-refractivity contribution >= 4 is 0 Å². The zero-order valence-corrected chi connectivity index (χ0v) is 16.3. The van der Waals surface area contributed by atoms with Crippen molar-refractivity contribution < 1.29 is 14.9 Å². The van der Waals surface area contributed by atoms with Crippen LogP contribution >= 0.6 is 0 Å². The quantitative estimate of drug-likeness (QED) is 0.853. The summed E-state index contributed by atoms with van der Waals surface area (Å²) >= 11 is 0. The molecule has 0 aromatic heterocycles. The van der Waals surface area contributed by atoms with E-state index in [1.54, 1.807) is 13.2 Å². The van der Waals surface area contributed by atoms with Crippen molar-refractivity contribution in [3.63, 3.8) is 0 Å². The van der Waals surface area contributed by atoms with Gasteiger partial charge in [-0.2, -0.15) is 0 Å². The fourth-order valence-electron chi connectivity index (χ4n) is 5.84. The lowest BCUT2D eigenvalue weighted by Crippen LogP contribution is -2.59. The lowest BCUT2D eigenvalue weighted by atomic mass is 9.75. The standard InChI is InChI=1S/C23H28N2O3/c1-28-21-6-5-15(11-20(21)27)13-25-14-19(17-3-2-4-18(26)12-17)23-22(25)16-7-9-24(23)10-8-16/h2-6,11-12,16,19,22-23,26-27H,7-10,13-14H2,1H3/t19-,22+,23+/m1/s1. The molecule has 4 heterocycles. The Morgan fingerprint density at radius 3 is 2.57 bits per heavy atom. The first-order chi connectivity index (χ1) is 13.6. The average molecular weight is 380 g/mol. The molecule has 2 bridgehead atoms. The number of piperidine rings is 3. The van der Waals surface area contributed by atoms with Gasteiger partial charge < -0.3 is 14.9 Å². The maximum atomic E-state index is 10.2. The van der Waals surface area contributed by atoms with Gasteiger partial charge in [0.1, 0.15) is 5.75 Å². The van der Waals surface area contributed by atoms with Crippen LogP contribution in [0.5, 0.6) is 17.2 Å². The van der Waals surface area contributed by atoms with E-state index in [2.05, 4.69) is 21.9 Å². The van der Waals surface area contributed by atoms with Gasteiger partial charge in [-0.25, -0.2) is 0 Å². The molecule has 0 spiro atoms. The molecule has 0 radical (unpaired) electrons. The fraction of sp³-hybridized carbons (Fsp3) is 0.478. The normalized spacial score (nSPS) is 31.7. The first-order valence-electron chi connectivity index (χ1n) is 10.3. The lowest BCUT2D eigenvalue weighted by molar-refractivity contribution is -0.00871. The molecule has 3 atom stereocenters. The summed E-state index contributed by atoms with van der Waals surface area (Å²) in [6, 6.07) is 14.6.